The van der Waals surface area contributed by atoms with Gasteiger partial charge in [0.1, 0.15) is 0 Å². The van der Waals surface area contributed by atoms with Crippen LogP contribution >= 0.6 is 0 Å². The molecule has 3 nitrogen and oxygen atoms in total. The summed E-state index contributed by atoms with van der Waals surface area (Å²) in [5.41, 5.74) is 2.08. The summed E-state index contributed by atoms with van der Waals surface area (Å²) in [6.45, 7) is 6.35. The van der Waals surface area contributed by atoms with Gasteiger partial charge in [0, 0.05) is 17.6 Å². The van der Waals surface area contributed by atoms with Gasteiger partial charge in [0.25, 0.3) is 0 Å². The molecule has 0 saturated heterocycles. The summed E-state index contributed by atoms with van der Waals surface area (Å²) in [5.74, 6) is 0.274. The van der Waals surface area contributed by atoms with Crippen molar-refractivity contribution < 1.29 is 4.79 Å². The Hall–Kier alpha value is -1.35. The molecule has 1 aromatic carbocycles. The van der Waals surface area contributed by atoms with E-state index in [2.05, 4.69) is 37.5 Å². The van der Waals surface area contributed by atoms with E-state index in [1.165, 1.54) is 5.56 Å². The molecule has 1 amide bonds. The van der Waals surface area contributed by atoms with Crippen molar-refractivity contribution in [3.63, 3.8) is 0 Å². The van der Waals surface area contributed by atoms with E-state index in [0.717, 1.165) is 31.4 Å². The number of hydrogen-bond acceptors (Lipinski definition) is 2. The Balaban J connectivity index is 2.69. The highest BCUT2D eigenvalue weighted by Crippen LogP contribution is 2.19. The van der Waals surface area contributed by atoms with Gasteiger partial charge in [-0.1, -0.05) is 38.8 Å². The molecule has 2 N–H and O–H groups in total. The fraction of sp³-hybridized carbons (Fsp3) is 0.588. The molecule has 3 heteroatoms. The van der Waals surface area contributed by atoms with Crippen LogP contribution in [0.15, 0.2) is 24.3 Å². The van der Waals surface area contributed by atoms with Crippen LogP contribution in [0.25, 0.3) is 0 Å². The van der Waals surface area contributed by atoms with Gasteiger partial charge in [-0.2, -0.15) is 0 Å². The van der Waals surface area contributed by atoms with Gasteiger partial charge in [-0.25, -0.2) is 0 Å². The number of carbonyl (C=O) groups excluding carboxylic acids is 1. The second-order valence-electron chi connectivity index (χ2n) is 5.37. The fourth-order valence-corrected chi connectivity index (χ4v) is 2.27. The molecular weight excluding hydrogens is 248 g/mol. The number of anilines is 1. The van der Waals surface area contributed by atoms with Gasteiger partial charge in [0.2, 0.25) is 5.91 Å². The smallest absolute Gasteiger partial charge is 0.227 e. The van der Waals surface area contributed by atoms with Crippen LogP contribution in [0.3, 0.4) is 0 Å². The van der Waals surface area contributed by atoms with Crippen molar-refractivity contribution in [2.75, 3.05) is 12.4 Å². The van der Waals surface area contributed by atoms with Crippen LogP contribution < -0.4 is 10.6 Å². The highest BCUT2D eigenvalue weighted by Gasteiger charge is 2.16. The average molecular weight is 276 g/mol. The Morgan fingerprint density at radius 1 is 1.30 bits per heavy atom. The third kappa shape index (κ3) is 4.97. The maximum atomic E-state index is 12.3. The quantitative estimate of drug-likeness (QED) is 0.750. The van der Waals surface area contributed by atoms with Crippen molar-refractivity contribution in [1.82, 2.24) is 5.32 Å². The Morgan fingerprint density at radius 3 is 2.65 bits per heavy atom. The largest absolute Gasteiger partial charge is 0.326 e. The second kappa shape index (κ2) is 8.75. The molecule has 2 unspecified atom stereocenters. The standard InChI is InChI=1S/C17H28N2O/c1-5-7-9-14(6-2)17(20)19-16-11-8-10-15(12-16)13(3)18-4/h8,10-14,18H,5-7,9H2,1-4H3,(H,19,20). The monoisotopic (exact) mass is 276 g/mol. The van der Waals surface area contributed by atoms with Gasteiger partial charge >= 0.3 is 0 Å². The summed E-state index contributed by atoms with van der Waals surface area (Å²) in [4.78, 5) is 12.3. The minimum Gasteiger partial charge on any atom is -0.326 e. The van der Waals surface area contributed by atoms with E-state index >= 15 is 0 Å². The topological polar surface area (TPSA) is 41.1 Å². The Bertz CT molecular complexity index is 417. The molecule has 1 rings (SSSR count). The number of amides is 1. The van der Waals surface area contributed by atoms with Gasteiger partial charge in [-0.15, -0.1) is 0 Å². The van der Waals surface area contributed by atoms with Crippen molar-refractivity contribution in [2.45, 2.75) is 52.5 Å². The maximum absolute atomic E-state index is 12.3. The van der Waals surface area contributed by atoms with Crippen molar-refractivity contribution in [2.24, 2.45) is 5.92 Å². The molecule has 0 radical (unpaired) electrons. The van der Waals surface area contributed by atoms with Crippen LogP contribution in [-0.2, 0) is 4.79 Å². The molecule has 0 bridgehead atoms. The highest BCUT2D eigenvalue weighted by atomic mass is 16.1. The molecule has 2 atom stereocenters. The third-order valence-corrected chi connectivity index (χ3v) is 3.86. The minimum absolute atomic E-state index is 0.125. The first-order valence-electron chi connectivity index (χ1n) is 7.70. The van der Waals surface area contributed by atoms with E-state index in [-0.39, 0.29) is 17.9 Å². The lowest BCUT2D eigenvalue weighted by Crippen LogP contribution is -2.22. The summed E-state index contributed by atoms with van der Waals surface area (Å²) in [7, 11) is 1.94. The van der Waals surface area contributed by atoms with E-state index in [4.69, 9.17) is 0 Å². The lowest BCUT2D eigenvalue weighted by atomic mass is 9.98. The molecule has 0 heterocycles. The maximum Gasteiger partial charge on any atom is 0.227 e. The van der Waals surface area contributed by atoms with Crippen molar-refractivity contribution in [3.05, 3.63) is 29.8 Å². The molecule has 0 aromatic heterocycles. The summed E-state index contributed by atoms with van der Waals surface area (Å²) < 4.78 is 0. The Kier molecular flexibility index (Phi) is 7.31. The van der Waals surface area contributed by atoms with Gasteiger partial charge < -0.3 is 10.6 Å². The molecule has 0 aliphatic heterocycles. The second-order valence-corrected chi connectivity index (χ2v) is 5.37. The lowest BCUT2D eigenvalue weighted by Gasteiger charge is -2.16. The molecule has 0 aliphatic carbocycles. The van der Waals surface area contributed by atoms with Crippen LogP contribution in [0.4, 0.5) is 5.69 Å². The zero-order valence-corrected chi connectivity index (χ0v) is 13.2. The van der Waals surface area contributed by atoms with Crippen molar-refractivity contribution in [1.29, 1.82) is 0 Å². The van der Waals surface area contributed by atoms with E-state index < -0.39 is 0 Å². The zero-order valence-electron chi connectivity index (χ0n) is 13.2. The van der Waals surface area contributed by atoms with E-state index in [1.54, 1.807) is 0 Å². The summed E-state index contributed by atoms with van der Waals surface area (Å²) in [6.07, 6.45) is 4.13. The SMILES string of the molecule is CCCCC(CC)C(=O)Nc1cccc(C(C)NC)c1. The highest BCUT2D eigenvalue weighted by molar-refractivity contribution is 5.92. The van der Waals surface area contributed by atoms with Gasteiger partial charge in [0.05, 0.1) is 0 Å². The van der Waals surface area contributed by atoms with Crippen LogP contribution in [-0.4, -0.2) is 13.0 Å². The normalized spacial score (nSPS) is 13.8. The number of unbranched alkanes of at least 4 members (excludes halogenated alkanes) is 1. The van der Waals surface area contributed by atoms with Crippen LogP contribution in [0, 0.1) is 5.92 Å². The fourth-order valence-electron chi connectivity index (χ4n) is 2.27. The first-order valence-corrected chi connectivity index (χ1v) is 7.70. The van der Waals surface area contributed by atoms with Crippen LogP contribution in [0.2, 0.25) is 0 Å². The predicted molar refractivity (Wildman–Crippen MR) is 85.9 cm³/mol. The molecule has 0 saturated carbocycles. The Labute approximate surface area is 123 Å². The number of hydrogen-bond donors (Lipinski definition) is 2. The predicted octanol–water partition coefficient (Wildman–Crippen LogP) is 4.12. The number of carbonyl (C=O) groups is 1. The molecular formula is C17H28N2O. The molecule has 20 heavy (non-hydrogen) atoms. The summed E-state index contributed by atoms with van der Waals surface area (Å²) >= 11 is 0. The number of benzene rings is 1. The first-order chi connectivity index (χ1) is 9.62. The van der Waals surface area contributed by atoms with Crippen molar-refractivity contribution in [3.8, 4) is 0 Å². The van der Waals surface area contributed by atoms with E-state index in [0.29, 0.717) is 0 Å². The number of rotatable bonds is 8. The van der Waals surface area contributed by atoms with Gasteiger partial charge in [-0.3, -0.25) is 4.79 Å². The third-order valence-electron chi connectivity index (χ3n) is 3.86. The first kappa shape index (κ1) is 16.7. The lowest BCUT2D eigenvalue weighted by molar-refractivity contribution is -0.120. The molecule has 0 fully saturated rings. The van der Waals surface area contributed by atoms with Crippen LogP contribution in [0.5, 0.6) is 0 Å². The van der Waals surface area contributed by atoms with E-state index in [1.807, 2.05) is 25.2 Å². The van der Waals surface area contributed by atoms with Gasteiger partial charge in [-0.05, 0) is 44.5 Å². The summed E-state index contributed by atoms with van der Waals surface area (Å²) in [5, 5.41) is 6.27. The average Bonchev–Trinajstić information content (AvgIpc) is 2.47. The zero-order chi connectivity index (χ0) is 15.0. The molecule has 1 aromatic rings. The molecule has 0 aliphatic rings. The van der Waals surface area contributed by atoms with Gasteiger partial charge in [0.15, 0.2) is 0 Å². The Morgan fingerprint density at radius 2 is 2.05 bits per heavy atom. The molecule has 112 valence electrons. The van der Waals surface area contributed by atoms with Crippen LogP contribution in [0.1, 0.15) is 58.1 Å². The van der Waals surface area contributed by atoms with E-state index in [9.17, 15) is 4.79 Å². The van der Waals surface area contributed by atoms with Crippen molar-refractivity contribution >= 4 is 11.6 Å². The minimum atomic E-state index is 0.125. The summed E-state index contributed by atoms with van der Waals surface area (Å²) in [6, 6.07) is 8.35. The molecule has 0 spiro atoms. The number of nitrogens with one attached hydrogen (secondary N) is 2.